The molecule has 11 heteroatoms. The summed E-state index contributed by atoms with van der Waals surface area (Å²) in [4.78, 5) is 47.0. The first kappa shape index (κ1) is 26.6. The molecule has 0 spiro atoms. The molecule has 1 aliphatic heterocycles. The quantitative estimate of drug-likeness (QED) is 0.383. The smallest absolute Gasteiger partial charge is 0.303 e. The van der Waals surface area contributed by atoms with Crippen molar-refractivity contribution in [2.24, 2.45) is 0 Å². The van der Waals surface area contributed by atoms with Crippen LogP contribution in [0.1, 0.15) is 38.8 Å². The third-order valence-corrected chi connectivity index (χ3v) is 5.07. The van der Waals surface area contributed by atoms with Gasteiger partial charge < -0.3 is 28.4 Å². The molecule has 1 aromatic carbocycles. The molecule has 1 fully saturated rings. The Hall–Kier alpha value is -2.66. The van der Waals surface area contributed by atoms with Crippen molar-refractivity contribution in [2.75, 3.05) is 6.61 Å². The van der Waals surface area contributed by atoms with Gasteiger partial charge >= 0.3 is 23.9 Å². The van der Waals surface area contributed by atoms with Crippen LogP contribution in [0.25, 0.3) is 0 Å². The molecule has 182 valence electrons. The first-order valence-corrected chi connectivity index (χ1v) is 10.9. The minimum Gasteiger partial charge on any atom is -0.463 e. The van der Waals surface area contributed by atoms with Crippen LogP contribution in [0.2, 0.25) is 0 Å². The Bertz CT molecular complexity index is 891. The second-order valence-electron chi connectivity index (χ2n) is 7.55. The Kier molecular flexibility index (Phi) is 9.24. The number of carbonyl (C=O) groups is 4. The molecule has 1 saturated heterocycles. The summed E-state index contributed by atoms with van der Waals surface area (Å²) < 4.78 is 34.1. The van der Waals surface area contributed by atoms with Crippen molar-refractivity contribution >= 4 is 39.8 Å². The highest BCUT2D eigenvalue weighted by atomic mass is 79.9. The zero-order chi connectivity index (χ0) is 24.9. The summed E-state index contributed by atoms with van der Waals surface area (Å²) in [6, 6.07) is 3.65. The third kappa shape index (κ3) is 7.43. The summed E-state index contributed by atoms with van der Waals surface area (Å²) >= 11 is 3.42. The number of benzene rings is 1. The SMILES string of the molecule is CC(=O)OC[C@H]1O[C@H](Oc2c(C)cc(Br)cc2C)[C@@H](OC(C)=O)[C@@H](OC(C)=O)[C@@H]1OC(C)=O. The second kappa shape index (κ2) is 11.5. The molecule has 0 unspecified atom stereocenters. The number of rotatable bonds is 7. The molecule has 0 aliphatic carbocycles. The fourth-order valence-electron chi connectivity index (χ4n) is 3.48. The zero-order valence-corrected chi connectivity index (χ0v) is 20.8. The molecule has 1 heterocycles. The van der Waals surface area contributed by atoms with Gasteiger partial charge in [0.15, 0.2) is 12.2 Å². The van der Waals surface area contributed by atoms with E-state index in [2.05, 4.69) is 15.9 Å². The van der Waals surface area contributed by atoms with Gasteiger partial charge in [0.05, 0.1) is 0 Å². The standard InChI is InChI=1S/C22H27BrO10/c1-10-7-16(23)8-11(2)18(10)33-22-21(31-15(6)27)20(30-14(5)26)19(29-13(4)25)17(32-22)9-28-12(3)24/h7-8,17,19-22H,9H2,1-6H3/t17-,19-,20+,21+,22-/m1/s1. The molecule has 0 N–H and O–H groups in total. The van der Waals surface area contributed by atoms with Gasteiger partial charge in [-0.1, -0.05) is 15.9 Å². The second-order valence-corrected chi connectivity index (χ2v) is 8.47. The van der Waals surface area contributed by atoms with E-state index >= 15 is 0 Å². The molecule has 0 bridgehead atoms. The highest BCUT2D eigenvalue weighted by molar-refractivity contribution is 9.10. The van der Waals surface area contributed by atoms with Crippen LogP contribution in [0.4, 0.5) is 0 Å². The molecule has 5 atom stereocenters. The van der Waals surface area contributed by atoms with E-state index in [0.717, 1.165) is 29.4 Å². The largest absolute Gasteiger partial charge is 0.463 e. The average Bonchev–Trinajstić information content (AvgIpc) is 2.66. The fourth-order valence-corrected chi connectivity index (χ4v) is 4.17. The normalized spacial score (nSPS) is 24.4. The van der Waals surface area contributed by atoms with Crippen molar-refractivity contribution in [1.82, 2.24) is 0 Å². The number of esters is 4. The molecule has 0 radical (unpaired) electrons. The van der Waals surface area contributed by atoms with Crippen molar-refractivity contribution in [2.45, 2.75) is 72.2 Å². The van der Waals surface area contributed by atoms with E-state index in [1.54, 1.807) is 0 Å². The summed E-state index contributed by atoms with van der Waals surface area (Å²) in [7, 11) is 0. The molecule has 33 heavy (non-hydrogen) atoms. The number of hydrogen-bond acceptors (Lipinski definition) is 10. The number of hydrogen-bond donors (Lipinski definition) is 0. The van der Waals surface area contributed by atoms with E-state index in [1.165, 1.54) is 13.8 Å². The minimum absolute atomic E-state index is 0.323. The van der Waals surface area contributed by atoms with Crippen molar-refractivity contribution in [3.63, 3.8) is 0 Å². The van der Waals surface area contributed by atoms with E-state index < -0.39 is 54.6 Å². The van der Waals surface area contributed by atoms with Crippen molar-refractivity contribution < 1.29 is 47.6 Å². The molecule has 0 aromatic heterocycles. The first-order chi connectivity index (χ1) is 15.4. The van der Waals surface area contributed by atoms with E-state index in [0.29, 0.717) is 5.75 Å². The number of ether oxygens (including phenoxy) is 6. The van der Waals surface area contributed by atoms with Gasteiger partial charge in [-0.2, -0.15) is 0 Å². The average molecular weight is 531 g/mol. The van der Waals surface area contributed by atoms with E-state index in [4.69, 9.17) is 28.4 Å². The zero-order valence-electron chi connectivity index (χ0n) is 19.2. The lowest BCUT2D eigenvalue weighted by Crippen LogP contribution is -2.63. The van der Waals surface area contributed by atoms with Crippen molar-refractivity contribution in [1.29, 1.82) is 0 Å². The first-order valence-electron chi connectivity index (χ1n) is 10.1. The third-order valence-electron chi connectivity index (χ3n) is 4.61. The van der Waals surface area contributed by atoms with Crippen LogP contribution in [0, 0.1) is 13.8 Å². The van der Waals surface area contributed by atoms with Crippen molar-refractivity contribution in [3.8, 4) is 5.75 Å². The fraction of sp³-hybridized carbons (Fsp3) is 0.545. The van der Waals surface area contributed by atoms with Gasteiger partial charge in [0.2, 0.25) is 12.4 Å². The Morgan fingerprint density at radius 1 is 0.818 bits per heavy atom. The molecular weight excluding hydrogens is 504 g/mol. The molecule has 1 aliphatic rings. The van der Waals surface area contributed by atoms with Crippen molar-refractivity contribution in [3.05, 3.63) is 27.7 Å². The van der Waals surface area contributed by atoms with Crippen LogP contribution < -0.4 is 4.74 Å². The van der Waals surface area contributed by atoms with Gasteiger partial charge in [0.1, 0.15) is 18.5 Å². The maximum Gasteiger partial charge on any atom is 0.303 e. The molecule has 0 amide bonds. The minimum atomic E-state index is -1.29. The Morgan fingerprint density at radius 2 is 1.30 bits per heavy atom. The topological polar surface area (TPSA) is 124 Å². The summed E-state index contributed by atoms with van der Waals surface area (Å²) in [6.07, 6.45) is -6.15. The lowest BCUT2D eigenvalue weighted by atomic mass is 9.98. The predicted molar refractivity (Wildman–Crippen MR) is 116 cm³/mol. The van der Waals surface area contributed by atoms with Crippen LogP contribution in [-0.4, -0.2) is 61.2 Å². The van der Waals surface area contributed by atoms with E-state index in [1.807, 2.05) is 26.0 Å². The lowest BCUT2D eigenvalue weighted by molar-refractivity contribution is -0.288. The van der Waals surface area contributed by atoms with Gasteiger partial charge in [-0.15, -0.1) is 0 Å². The summed E-state index contributed by atoms with van der Waals surface area (Å²) in [5.41, 5.74) is 1.52. The maximum atomic E-state index is 11.9. The number of halogens is 1. The Balaban J connectivity index is 2.52. The highest BCUT2D eigenvalue weighted by Gasteiger charge is 2.53. The lowest BCUT2D eigenvalue weighted by Gasteiger charge is -2.44. The van der Waals surface area contributed by atoms with Crippen LogP contribution in [-0.2, 0) is 42.9 Å². The summed E-state index contributed by atoms with van der Waals surface area (Å²) in [5, 5.41) is 0. The summed E-state index contributed by atoms with van der Waals surface area (Å²) in [5.74, 6) is -2.24. The molecule has 0 saturated carbocycles. The Labute approximate surface area is 199 Å². The molecule has 1 aromatic rings. The van der Waals surface area contributed by atoms with E-state index in [9.17, 15) is 19.2 Å². The number of carbonyl (C=O) groups excluding carboxylic acids is 4. The molecule has 2 rings (SSSR count). The van der Waals surface area contributed by atoms with E-state index in [-0.39, 0.29) is 6.61 Å². The Morgan fingerprint density at radius 3 is 1.79 bits per heavy atom. The van der Waals surface area contributed by atoms with Crippen LogP contribution >= 0.6 is 15.9 Å². The molecule has 10 nitrogen and oxygen atoms in total. The molecular formula is C22H27BrO10. The van der Waals surface area contributed by atoms with Gasteiger partial charge in [-0.3, -0.25) is 19.2 Å². The maximum absolute atomic E-state index is 11.9. The van der Waals surface area contributed by atoms with Gasteiger partial charge in [-0.05, 0) is 37.1 Å². The summed E-state index contributed by atoms with van der Waals surface area (Å²) in [6.45, 7) is 8.00. The van der Waals surface area contributed by atoms with Crippen LogP contribution in [0.5, 0.6) is 5.75 Å². The highest BCUT2D eigenvalue weighted by Crippen LogP contribution is 2.34. The van der Waals surface area contributed by atoms with Crippen LogP contribution in [0.3, 0.4) is 0 Å². The number of aryl methyl sites for hydroxylation is 2. The predicted octanol–water partition coefficient (Wildman–Crippen LogP) is 2.53. The monoisotopic (exact) mass is 530 g/mol. The van der Waals surface area contributed by atoms with Gasteiger partial charge in [0.25, 0.3) is 0 Å². The van der Waals surface area contributed by atoms with Crippen LogP contribution in [0.15, 0.2) is 16.6 Å². The van der Waals surface area contributed by atoms with Gasteiger partial charge in [0, 0.05) is 32.2 Å². The van der Waals surface area contributed by atoms with Gasteiger partial charge in [-0.25, -0.2) is 0 Å².